The van der Waals surface area contributed by atoms with Crippen LogP contribution >= 0.6 is 15.9 Å². The molecule has 0 aliphatic heterocycles. The lowest BCUT2D eigenvalue weighted by atomic mass is 10.1. The quantitative estimate of drug-likeness (QED) is 0.638. The van der Waals surface area contributed by atoms with Gasteiger partial charge in [0.1, 0.15) is 5.78 Å². The molecule has 104 valence electrons. The fourth-order valence-corrected chi connectivity index (χ4v) is 1.82. The highest BCUT2D eigenvalue weighted by Gasteiger charge is 2.01. The van der Waals surface area contributed by atoms with E-state index < -0.39 is 0 Å². The van der Waals surface area contributed by atoms with E-state index in [9.17, 15) is 4.79 Å². The Labute approximate surface area is 118 Å². The third-order valence-corrected chi connectivity index (χ3v) is 2.88. The zero-order valence-electron chi connectivity index (χ0n) is 11.7. The van der Waals surface area contributed by atoms with Gasteiger partial charge in [-0.1, -0.05) is 33.6 Å². The van der Waals surface area contributed by atoms with E-state index in [1.165, 1.54) is 0 Å². The minimum atomic E-state index is 0.372. The molecule has 18 heavy (non-hydrogen) atoms. The maximum Gasteiger partial charge on any atom is 0.195 e. The van der Waals surface area contributed by atoms with Crippen LogP contribution in [-0.2, 0) is 11.2 Å². The van der Waals surface area contributed by atoms with Crippen molar-refractivity contribution in [3.8, 4) is 0 Å². The van der Waals surface area contributed by atoms with E-state index in [0.29, 0.717) is 16.9 Å². The molecule has 1 aromatic rings. The highest BCUT2D eigenvalue weighted by Crippen LogP contribution is 2.13. The molecule has 0 radical (unpaired) electrons. The van der Waals surface area contributed by atoms with Crippen molar-refractivity contribution in [3.05, 3.63) is 16.8 Å². The minimum Gasteiger partial charge on any atom is -0.434 e. The number of Topliss-reactive ketones (excluding diaryl/α,β-unsaturated/α-hetero) is 1. The lowest BCUT2D eigenvalue weighted by Crippen LogP contribution is -1.94. The molecule has 3 nitrogen and oxygen atoms in total. The van der Waals surface area contributed by atoms with Gasteiger partial charge in [-0.2, -0.15) is 0 Å². The molecule has 0 fully saturated rings. The van der Waals surface area contributed by atoms with Crippen LogP contribution in [0.25, 0.3) is 0 Å². The number of oxazole rings is 1. The van der Waals surface area contributed by atoms with E-state index >= 15 is 0 Å². The Bertz CT molecular complexity index is 323. The zero-order valence-corrected chi connectivity index (χ0v) is 13.3. The number of aromatic nitrogens is 1. The summed E-state index contributed by atoms with van der Waals surface area (Å²) in [5.74, 6) is 1.16. The van der Waals surface area contributed by atoms with Gasteiger partial charge in [0.25, 0.3) is 0 Å². The Hall–Kier alpha value is -0.640. The second-order valence-electron chi connectivity index (χ2n) is 3.86. The van der Waals surface area contributed by atoms with Gasteiger partial charge < -0.3 is 4.42 Å². The zero-order chi connectivity index (χ0) is 13.8. The standard InChI is InChI=1S/C12H18BrNO2.C2H6/c1-2-10(15)7-5-3-4-6-8-12-14-9-11(13)16-12;1-2/h9H,2-8H2,1H3;1-2H3. The number of hydrogen-bond acceptors (Lipinski definition) is 3. The van der Waals surface area contributed by atoms with Crippen molar-refractivity contribution in [2.45, 2.75) is 65.7 Å². The van der Waals surface area contributed by atoms with Crippen molar-refractivity contribution in [3.63, 3.8) is 0 Å². The second-order valence-corrected chi connectivity index (χ2v) is 4.65. The van der Waals surface area contributed by atoms with Gasteiger partial charge in [-0.15, -0.1) is 0 Å². The SMILES string of the molecule is CC.CCC(=O)CCCCCCc1ncc(Br)o1. The molecule has 0 amide bonds. The minimum absolute atomic E-state index is 0.372. The topological polar surface area (TPSA) is 43.1 Å². The Morgan fingerprint density at radius 2 is 1.94 bits per heavy atom. The van der Waals surface area contributed by atoms with E-state index in [2.05, 4.69) is 20.9 Å². The fourth-order valence-electron chi connectivity index (χ4n) is 1.53. The third kappa shape index (κ3) is 8.45. The Balaban J connectivity index is 0.00000137. The number of aryl methyl sites for hydroxylation is 1. The van der Waals surface area contributed by atoms with Crippen LogP contribution in [0.2, 0.25) is 0 Å². The first-order chi connectivity index (χ1) is 8.72. The van der Waals surface area contributed by atoms with Crippen molar-refractivity contribution in [2.75, 3.05) is 0 Å². The van der Waals surface area contributed by atoms with Crippen LogP contribution in [0.5, 0.6) is 0 Å². The van der Waals surface area contributed by atoms with Gasteiger partial charge in [0.15, 0.2) is 10.6 Å². The van der Waals surface area contributed by atoms with Crippen molar-refractivity contribution in [1.29, 1.82) is 0 Å². The number of rotatable bonds is 8. The van der Waals surface area contributed by atoms with Crippen LogP contribution < -0.4 is 0 Å². The summed E-state index contributed by atoms with van der Waals surface area (Å²) in [6.45, 7) is 5.92. The molecule has 0 aromatic carbocycles. The highest BCUT2D eigenvalue weighted by atomic mass is 79.9. The molecule has 4 heteroatoms. The summed E-state index contributed by atoms with van der Waals surface area (Å²) in [6.07, 6.45) is 8.31. The molecule has 1 aromatic heterocycles. The number of carbonyl (C=O) groups is 1. The van der Waals surface area contributed by atoms with E-state index in [4.69, 9.17) is 4.42 Å². The van der Waals surface area contributed by atoms with Crippen LogP contribution in [-0.4, -0.2) is 10.8 Å². The molecular weight excluding hydrogens is 294 g/mol. The Morgan fingerprint density at radius 1 is 1.28 bits per heavy atom. The van der Waals surface area contributed by atoms with Crippen molar-refractivity contribution in [1.82, 2.24) is 4.98 Å². The van der Waals surface area contributed by atoms with Crippen molar-refractivity contribution in [2.24, 2.45) is 0 Å². The number of unbranched alkanes of at least 4 members (excludes halogenated alkanes) is 3. The molecule has 0 unspecified atom stereocenters. The van der Waals surface area contributed by atoms with Crippen molar-refractivity contribution >= 4 is 21.7 Å². The smallest absolute Gasteiger partial charge is 0.195 e. The van der Waals surface area contributed by atoms with E-state index in [1.807, 2.05) is 20.8 Å². The molecule has 0 spiro atoms. The first kappa shape index (κ1) is 17.4. The Kier molecular flexibility index (Phi) is 11.0. The van der Waals surface area contributed by atoms with Crippen molar-refractivity contribution < 1.29 is 9.21 Å². The number of halogens is 1. The second kappa shape index (κ2) is 11.5. The summed E-state index contributed by atoms with van der Waals surface area (Å²) >= 11 is 3.22. The average Bonchev–Trinajstić information content (AvgIpc) is 2.81. The maximum absolute atomic E-state index is 11.0. The first-order valence-electron chi connectivity index (χ1n) is 6.84. The van der Waals surface area contributed by atoms with Gasteiger partial charge >= 0.3 is 0 Å². The highest BCUT2D eigenvalue weighted by molar-refractivity contribution is 9.10. The Morgan fingerprint density at radius 3 is 2.50 bits per heavy atom. The molecule has 0 N–H and O–H groups in total. The maximum atomic E-state index is 11.0. The number of carbonyl (C=O) groups excluding carboxylic acids is 1. The lowest BCUT2D eigenvalue weighted by Gasteiger charge is -1.99. The largest absolute Gasteiger partial charge is 0.434 e. The van der Waals surface area contributed by atoms with Crippen LogP contribution in [0.4, 0.5) is 0 Å². The molecule has 0 aliphatic carbocycles. The summed E-state index contributed by atoms with van der Waals surface area (Å²) < 4.78 is 5.99. The summed E-state index contributed by atoms with van der Waals surface area (Å²) in [6, 6.07) is 0. The van der Waals surface area contributed by atoms with Gasteiger partial charge in [0, 0.05) is 19.3 Å². The van der Waals surface area contributed by atoms with Gasteiger partial charge in [0.05, 0.1) is 6.20 Å². The molecule has 0 saturated carbocycles. The average molecular weight is 318 g/mol. The third-order valence-electron chi connectivity index (χ3n) is 2.52. The molecule has 1 rings (SSSR count). The van der Waals surface area contributed by atoms with E-state index in [0.717, 1.165) is 44.4 Å². The van der Waals surface area contributed by atoms with Gasteiger partial charge in [-0.05, 0) is 28.8 Å². The summed E-state index contributed by atoms with van der Waals surface area (Å²) in [5.41, 5.74) is 0. The number of hydrogen-bond donors (Lipinski definition) is 0. The van der Waals surface area contributed by atoms with Gasteiger partial charge in [-0.25, -0.2) is 4.98 Å². The van der Waals surface area contributed by atoms with Crippen LogP contribution in [0, 0.1) is 0 Å². The van der Waals surface area contributed by atoms with Gasteiger partial charge in [0.2, 0.25) is 0 Å². The van der Waals surface area contributed by atoms with E-state index in [-0.39, 0.29) is 0 Å². The molecule has 0 aliphatic rings. The predicted molar refractivity (Wildman–Crippen MR) is 77.6 cm³/mol. The number of ketones is 1. The summed E-state index contributed by atoms with van der Waals surface area (Å²) in [5, 5.41) is 0. The molecule has 1 heterocycles. The lowest BCUT2D eigenvalue weighted by molar-refractivity contribution is -0.118. The summed E-state index contributed by atoms with van der Waals surface area (Å²) in [4.78, 5) is 15.1. The normalized spacial score (nSPS) is 9.78. The van der Waals surface area contributed by atoms with Crippen LogP contribution in [0.15, 0.2) is 15.3 Å². The summed E-state index contributed by atoms with van der Waals surface area (Å²) in [7, 11) is 0. The van der Waals surface area contributed by atoms with E-state index in [1.54, 1.807) is 6.20 Å². The molecule has 0 saturated heterocycles. The first-order valence-corrected chi connectivity index (χ1v) is 7.63. The van der Waals surface area contributed by atoms with Gasteiger partial charge in [-0.3, -0.25) is 4.79 Å². The monoisotopic (exact) mass is 317 g/mol. The number of nitrogens with zero attached hydrogens (tertiary/aromatic N) is 1. The van der Waals surface area contributed by atoms with Crippen LogP contribution in [0.3, 0.4) is 0 Å². The molecule has 0 atom stereocenters. The van der Waals surface area contributed by atoms with Crippen LogP contribution in [0.1, 0.15) is 65.2 Å². The predicted octanol–water partition coefficient (Wildman–Crippen LogP) is 4.94. The molecule has 0 bridgehead atoms. The molecular formula is C14H24BrNO2. The fraction of sp³-hybridized carbons (Fsp3) is 0.714.